The molecule has 0 amide bonds. The fourth-order valence-corrected chi connectivity index (χ4v) is 3.46. The average Bonchev–Trinajstić information content (AvgIpc) is 2.72. The number of anilines is 1. The van der Waals surface area contributed by atoms with E-state index in [9.17, 15) is 9.59 Å². The summed E-state index contributed by atoms with van der Waals surface area (Å²) in [5.74, 6) is -0.344. The Labute approximate surface area is 166 Å². The van der Waals surface area contributed by atoms with Crippen LogP contribution in [0.1, 0.15) is 13.8 Å². The Balaban J connectivity index is 1.91. The Bertz CT molecular complexity index is 1240. The molecule has 1 N–H and O–H groups in total. The number of hydrogen-bond donors (Lipinski definition) is 1. The van der Waals surface area contributed by atoms with Gasteiger partial charge in [0, 0.05) is 41.7 Å². The van der Waals surface area contributed by atoms with Gasteiger partial charge in [0.15, 0.2) is 23.4 Å². The number of nitrogens with zero attached hydrogens (tertiary/aromatic N) is 2. The summed E-state index contributed by atoms with van der Waals surface area (Å²) >= 11 is 0. The first-order valence-corrected chi connectivity index (χ1v) is 9.41. The number of fused-ring (bicyclic) bond motifs is 4. The molecule has 0 bridgehead atoms. The maximum atomic E-state index is 12.5. The first-order valence-electron chi connectivity index (χ1n) is 9.41. The van der Waals surface area contributed by atoms with E-state index in [0.717, 1.165) is 18.8 Å². The predicted octanol–water partition coefficient (Wildman–Crippen LogP) is 3.76. The van der Waals surface area contributed by atoms with Crippen LogP contribution in [0.2, 0.25) is 0 Å². The van der Waals surface area contributed by atoms with Gasteiger partial charge in [-0.05, 0) is 44.2 Å². The van der Waals surface area contributed by atoms with Gasteiger partial charge < -0.3 is 19.2 Å². The molecule has 0 fully saturated rings. The molecule has 2 aromatic carbocycles. The molecule has 2 aromatic rings. The Morgan fingerprint density at radius 1 is 1.10 bits per heavy atom. The maximum Gasteiger partial charge on any atom is 0.341 e. The Morgan fingerprint density at radius 3 is 2.62 bits per heavy atom. The van der Waals surface area contributed by atoms with Crippen LogP contribution in [0, 0.1) is 0 Å². The highest BCUT2D eigenvalue weighted by atomic mass is 16.5. The predicted molar refractivity (Wildman–Crippen MR) is 111 cm³/mol. The number of benzene rings is 3. The van der Waals surface area contributed by atoms with Crippen molar-refractivity contribution in [2.24, 2.45) is 0 Å². The summed E-state index contributed by atoms with van der Waals surface area (Å²) in [7, 11) is 0. The summed E-state index contributed by atoms with van der Waals surface area (Å²) in [6.45, 7) is 5.46. The van der Waals surface area contributed by atoms with Gasteiger partial charge in [0.2, 0.25) is 0 Å². The van der Waals surface area contributed by atoms with E-state index in [0.29, 0.717) is 39.1 Å². The third kappa shape index (κ3) is 3.47. The smallest absolute Gasteiger partial charge is 0.341 e. The second-order valence-corrected chi connectivity index (χ2v) is 6.65. The highest BCUT2D eigenvalue weighted by Gasteiger charge is 2.17. The van der Waals surface area contributed by atoms with Gasteiger partial charge in [-0.3, -0.25) is 4.79 Å². The molecule has 1 aliphatic heterocycles. The molecular formula is C22H20N2O5. The van der Waals surface area contributed by atoms with Crippen LogP contribution in [0.25, 0.3) is 33.3 Å². The summed E-state index contributed by atoms with van der Waals surface area (Å²) < 4.78 is 11.3. The Hall–Kier alpha value is -3.61. The number of aromatic nitrogens is 1. The van der Waals surface area contributed by atoms with Gasteiger partial charge in [0.1, 0.15) is 17.0 Å². The number of rotatable bonds is 6. The molecule has 4 rings (SSSR count). The minimum Gasteiger partial charge on any atom is -0.482 e. The summed E-state index contributed by atoms with van der Waals surface area (Å²) in [5, 5.41) is 9.85. The van der Waals surface area contributed by atoms with Gasteiger partial charge >= 0.3 is 5.97 Å². The number of ether oxygens (including phenoxy) is 1. The number of carbonyl (C=O) groups is 1. The van der Waals surface area contributed by atoms with Crippen molar-refractivity contribution in [1.29, 1.82) is 0 Å². The highest BCUT2D eigenvalue weighted by molar-refractivity contribution is 5.97. The van der Waals surface area contributed by atoms with E-state index >= 15 is 0 Å². The normalized spacial score (nSPS) is 11.2. The van der Waals surface area contributed by atoms with Crippen LogP contribution >= 0.6 is 0 Å². The zero-order chi connectivity index (χ0) is 20.5. The van der Waals surface area contributed by atoms with Gasteiger partial charge in [-0.2, -0.15) is 0 Å². The first-order chi connectivity index (χ1) is 14.0. The zero-order valence-electron chi connectivity index (χ0n) is 16.1. The van der Waals surface area contributed by atoms with Gasteiger partial charge in [0.25, 0.3) is 0 Å². The van der Waals surface area contributed by atoms with Crippen molar-refractivity contribution in [3.63, 3.8) is 0 Å². The lowest BCUT2D eigenvalue weighted by Gasteiger charge is -2.21. The zero-order valence-corrected chi connectivity index (χ0v) is 16.1. The van der Waals surface area contributed by atoms with Gasteiger partial charge in [-0.25, -0.2) is 9.78 Å². The second-order valence-electron chi connectivity index (χ2n) is 6.65. The number of carboxylic acids is 1. The van der Waals surface area contributed by atoms with Crippen molar-refractivity contribution >= 4 is 33.5 Å². The average molecular weight is 392 g/mol. The fraction of sp³-hybridized carbons (Fsp3) is 0.227. The second kappa shape index (κ2) is 7.43. The lowest BCUT2D eigenvalue weighted by molar-refractivity contribution is -0.139. The van der Waals surface area contributed by atoms with Crippen LogP contribution in [-0.4, -0.2) is 35.8 Å². The van der Waals surface area contributed by atoms with Gasteiger partial charge in [-0.15, -0.1) is 0 Å². The minimum absolute atomic E-state index is 0.193. The van der Waals surface area contributed by atoms with Crippen LogP contribution < -0.4 is 15.1 Å². The van der Waals surface area contributed by atoms with Crippen molar-refractivity contribution in [1.82, 2.24) is 4.98 Å². The van der Waals surface area contributed by atoms with Crippen LogP contribution in [0.3, 0.4) is 0 Å². The third-order valence-corrected chi connectivity index (χ3v) is 4.89. The minimum atomic E-state index is -1.07. The third-order valence-electron chi connectivity index (χ3n) is 4.89. The molecule has 7 heteroatoms. The van der Waals surface area contributed by atoms with Crippen LogP contribution in [0.15, 0.2) is 51.7 Å². The fourth-order valence-electron chi connectivity index (χ4n) is 3.46. The molecule has 0 radical (unpaired) electrons. The van der Waals surface area contributed by atoms with E-state index in [2.05, 4.69) is 18.7 Å². The summed E-state index contributed by atoms with van der Waals surface area (Å²) in [6, 6.07) is 12.1. The molecule has 0 atom stereocenters. The summed E-state index contributed by atoms with van der Waals surface area (Å²) in [6.07, 6.45) is 0. The molecule has 29 heavy (non-hydrogen) atoms. The van der Waals surface area contributed by atoms with E-state index in [-0.39, 0.29) is 5.43 Å². The molecule has 0 saturated carbocycles. The molecule has 1 aliphatic carbocycles. The highest BCUT2D eigenvalue weighted by Crippen LogP contribution is 2.33. The van der Waals surface area contributed by atoms with E-state index < -0.39 is 12.6 Å². The van der Waals surface area contributed by atoms with Crippen LogP contribution in [-0.2, 0) is 4.79 Å². The topological polar surface area (TPSA) is 92.9 Å². The van der Waals surface area contributed by atoms with Crippen molar-refractivity contribution in [3.8, 4) is 17.2 Å². The Kier molecular flexibility index (Phi) is 4.80. The van der Waals surface area contributed by atoms with E-state index in [1.807, 2.05) is 18.2 Å². The van der Waals surface area contributed by atoms with Crippen LogP contribution in [0.4, 0.5) is 5.69 Å². The van der Waals surface area contributed by atoms with E-state index in [1.165, 1.54) is 6.07 Å². The molecule has 0 aromatic heterocycles. The van der Waals surface area contributed by atoms with Crippen molar-refractivity contribution in [3.05, 3.63) is 52.7 Å². The van der Waals surface area contributed by atoms with Crippen molar-refractivity contribution in [2.45, 2.75) is 13.8 Å². The molecule has 0 saturated heterocycles. The number of hydrogen-bond acceptors (Lipinski definition) is 6. The van der Waals surface area contributed by atoms with Gasteiger partial charge in [0.05, 0.1) is 0 Å². The lowest BCUT2D eigenvalue weighted by Crippen LogP contribution is -2.21. The van der Waals surface area contributed by atoms with Crippen molar-refractivity contribution in [2.75, 3.05) is 24.6 Å². The molecule has 7 nitrogen and oxygen atoms in total. The molecule has 0 unspecified atom stereocenters. The van der Waals surface area contributed by atoms with E-state index in [1.54, 1.807) is 18.2 Å². The lowest BCUT2D eigenvalue weighted by atomic mass is 10.0. The molecule has 148 valence electrons. The maximum absolute atomic E-state index is 12.5. The molecule has 0 spiro atoms. The van der Waals surface area contributed by atoms with Gasteiger partial charge in [-0.1, -0.05) is 0 Å². The Morgan fingerprint density at radius 2 is 1.90 bits per heavy atom. The summed E-state index contributed by atoms with van der Waals surface area (Å²) in [5.41, 5.74) is 2.63. The number of aliphatic carboxylic acids is 1. The first kappa shape index (κ1) is 18.7. The van der Waals surface area contributed by atoms with Crippen LogP contribution in [0.5, 0.6) is 5.75 Å². The standard InChI is InChI=1S/C22H20N2O5/c1-3-24(4-2)13-5-8-17-19(9-13)29-20-11-18(25)15-7-6-14(28-12-21(26)27)10-16(15)22(20)23-17/h5-11H,3-4,12H2,1-2H3,(H,26,27). The van der Waals surface area contributed by atoms with Crippen molar-refractivity contribution < 1.29 is 19.1 Å². The largest absolute Gasteiger partial charge is 0.482 e. The monoisotopic (exact) mass is 392 g/mol. The summed E-state index contributed by atoms with van der Waals surface area (Å²) in [4.78, 5) is 30.2. The van der Waals surface area contributed by atoms with E-state index in [4.69, 9.17) is 19.2 Å². The molecular weight excluding hydrogens is 372 g/mol. The molecule has 2 aliphatic rings. The quantitative estimate of drug-likeness (QED) is 0.394. The SMILES string of the molecule is CCN(CC)c1ccc2nc3c4cc(OCC(=O)O)ccc4c(=O)cc-3oc2c1. The number of carboxylic acid groups (broad SMARTS) is 1. The molecule has 1 heterocycles.